The number of ether oxygens (including phenoxy) is 1. The number of carbonyl (C=O) groups is 1. The second-order valence-corrected chi connectivity index (χ2v) is 5.91. The van der Waals surface area contributed by atoms with Crippen LogP contribution in [0.3, 0.4) is 0 Å². The topological polar surface area (TPSA) is 41.6 Å². The van der Waals surface area contributed by atoms with Crippen molar-refractivity contribution in [1.82, 2.24) is 4.90 Å². The van der Waals surface area contributed by atoms with Gasteiger partial charge in [-0.3, -0.25) is 9.69 Å². The van der Waals surface area contributed by atoms with Crippen molar-refractivity contribution in [3.8, 4) is 5.75 Å². The van der Waals surface area contributed by atoms with Crippen molar-refractivity contribution in [1.29, 1.82) is 0 Å². The minimum Gasteiger partial charge on any atom is -0.490 e. The number of likely N-dealkylation sites (N-methyl/N-ethyl adjacent to an activating group) is 1. The molecule has 150 valence electrons. The average Bonchev–Trinajstić information content (AvgIpc) is 2.67. The predicted octanol–water partition coefficient (Wildman–Crippen LogP) is 4.02. The van der Waals surface area contributed by atoms with Crippen LogP contribution in [0.15, 0.2) is 36.9 Å². The number of benzene rings is 2. The molecular formula is C19H17F5N2O2. The summed E-state index contributed by atoms with van der Waals surface area (Å²) in [7, 11) is 1.56. The van der Waals surface area contributed by atoms with E-state index in [1.54, 1.807) is 42.7 Å². The Hall–Kier alpha value is -2.94. The molecule has 0 aromatic heterocycles. The molecule has 0 fully saturated rings. The van der Waals surface area contributed by atoms with Crippen LogP contribution in [0.1, 0.15) is 5.56 Å². The van der Waals surface area contributed by atoms with Crippen LogP contribution < -0.4 is 10.1 Å². The Morgan fingerprint density at radius 2 is 1.57 bits per heavy atom. The van der Waals surface area contributed by atoms with Gasteiger partial charge in [0.05, 0.1) is 6.54 Å². The molecule has 9 heteroatoms. The van der Waals surface area contributed by atoms with E-state index in [1.165, 1.54) is 4.90 Å². The summed E-state index contributed by atoms with van der Waals surface area (Å²) in [6.07, 6.45) is 1.60. The Morgan fingerprint density at radius 3 is 2.11 bits per heavy atom. The summed E-state index contributed by atoms with van der Waals surface area (Å²) in [6.45, 7) is 3.86. The lowest BCUT2D eigenvalue weighted by atomic mass is 10.2. The molecule has 28 heavy (non-hydrogen) atoms. The van der Waals surface area contributed by atoms with E-state index in [-0.39, 0.29) is 6.54 Å². The van der Waals surface area contributed by atoms with Crippen LogP contribution in [0.25, 0.3) is 0 Å². The van der Waals surface area contributed by atoms with E-state index >= 15 is 0 Å². The van der Waals surface area contributed by atoms with Gasteiger partial charge in [-0.25, -0.2) is 22.0 Å². The molecule has 0 aliphatic rings. The van der Waals surface area contributed by atoms with Crippen LogP contribution in [0.4, 0.5) is 27.6 Å². The fraction of sp³-hybridized carbons (Fsp3) is 0.211. The summed E-state index contributed by atoms with van der Waals surface area (Å²) < 4.78 is 71.9. The highest BCUT2D eigenvalue weighted by Gasteiger charge is 2.26. The maximum absolute atomic E-state index is 13.6. The number of nitrogens with zero attached hydrogens (tertiary/aromatic N) is 1. The molecule has 4 nitrogen and oxygen atoms in total. The van der Waals surface area contributed by atoms with E-state index in [1.807, 2.05) is 0 Å². The number of halogens is 5. The van der Waals surface area contributed by atoms with Crippen LogP contribution in [-0.4, -0.2) is 31.0 Å². The van der Waals surface area contributed by atoms with Crippen LogP contribution in [0.5, 0.6) is 5.75 Å². The van der Waals surface area contributed by atoms with Gasteiger partial charge in [0.2, 0.25) is 11.7 Å². The first-order valence-corrected chi connectivity index (χ1v) is 8.07. The van der Waals surface area contributed by atoms with Crippen molar-refractivity contribution in [2.24, 2.45) is 0 Å². The molecule has 0 radical (unpaired) electrons. The molecule has 2 aromatic rings. The Bertz CT molecular complexity index is 843. The molecule has 0 aliphatic carbocycles. The molecule has 2 rings (SSSR count). The molecule has 0 saturated heterocycles. The van der Waals surface area contributed by atoms with Crippen molar-refractivity contribution in [2.75, 3.05) is 25.5 Å². The second-order valence-electron chi connectivity index (χ2n) is 5.91. The molecule has 0 unspecified atom stereocenters. The minimum absolute atomic E-state index is 0.298. The second kappa shape index (κ2) is 9.32. The van der Waals surface area contributed by atoms with Crippen molar-refractivity contribution >= 4 is 11.6 Å². The fourth-order valence-electron chi connectivity index (χ4n) is 2.35. The number of carbonyl (C=O) groups excluding carboxylic acids is 1. The summed E-state index contributed by atoms with van der Waals surface area (Å²) in [5.41, 5.74) is -0.559. The van der Waals surface area contributed by atoms with Gasteiger partial charge in [0, 0.05) is 6.54 Å². The molecule has 0 bridgehead atoms. The normalized spacial score (nSPS) is 10.8. The van der Waals surface area contributed by atoms with Gasteiger partial charge in [0.15, 0.2) is 23.3 Å². The third kappa shape index (κ3) is 5.07. The number of nitrogens with one attached hydrogen (secondary N) is 1. The fourth-order valence-corrected chi connectivity index (χ4v) is 2.35. The molecule has 1 N–H and O–H groups in total. The van der Waals surface area contributed by atoms with Gasteiger partial charge in [-0.15, -0.1) is 0 Å². The van der Waals surface area contributed by atoms with Crippen LogP contribution in [0.2, 0.25) is 0 Å². The number of hydrogen-bond donors (Lipinski definition) is 1. The van der Waals surface area contributed by atoms with E-state index in [4.69, 9.17) is 4.74 Å². The highest BCUT2D eigenvalue weighted by molar-refractivity contribution is 5.92. The summed E-state index contributed by atoms with van der Waals surface area (Å²) >= 11 is 0. The minimum atomic E-state index is -2.29. The number of rotatable bonds is 8. The van der Waals surface area contributed by atoms with Crippen LogP contribution in [-0.2, 0) is 11.3 Å². The van der Waals surface area contributed by atoms with Gasteiger partial charge in [-0.05, 0) is 24.7 Å². The lowest BCUT2D eigenvalue weighted by Crippen LogP contribution is -2.30. The summed E-state index contributed by atoms with van der Waals surface area (Å²) in [6, 6.07) is 6.97. The van der Waals surface area contributed by atoms with Gasteiger partial charge in [0.25, 0.3) is 0 Å². The molecule has 2 aromatic carbocycles. The number of amides is 1. The number of hydrogen-bond acceptors (Lipinski definition) is 3. The van der Waals surface area contributed by atoms with E-state index in [2.05, 4.69) is 6.58 Å². The summed E-state index contributed by atoms with van der Waals surface area (Å²) in [5.74, 6) is -11.0. The first kappa shape index (κ1) is 21.4. The maximum atomic E-state index is 13.6. The molecule has 0 saturated carbocycles. The van der Waals surface area contributed by atoms with Crippen molar-refractivity contribution in [3.63, 3.8) is 0 Å². The van der Waals surface area contributed by atoms with Crippen molar-refractivity contribution in [3.05, 3.63) is 71.6 Å². The molecule has 0 heterocycles. The highest BCUT2D eigenvalue weighted by Crippen LogP contribution is 2.27. The zero-order valence-corrected chi connectivity index (χ0v) is 14.9. The largest absolute Gasteiger partial charge is 0.490 e. The van der Waals surface area contributed by atoms with Gasteiger partial charge in [0.1, 0.15) is 18.0 Å². The summed E-state index contributed by atoms with van der Waals surface area (Å²) in [5, 5.41) is 1.73. The van der Waals surface area contributed by atoms with E-state index < -0.39 is 40.7 Å². The Morgan fingerprint density at radius 1 is 1.04 bits per heavy atom. The van der Waals surface area contributed by atoms with E-state index in [0.717, 1.165) is 5.56 Å². The zero-order chi connectivity index (χ0) is 20.8. The predicted molar refractivity (Wildman–Crippen MR) is 93.3 cm³/mol. The molecule has 1 amide bonds. The van der Waals surface area contributed by atoms with Gasteiger partial charge in [-0.2, -0.15) is 0 Å². The third-order valence-electron chi connectivity index (χ3n) is 3.63. The van der Waals surface area contributed by atoms with Crippen LogP contribution >= 0.6 is 0 Å². The van der Waals surface area contributed by atoms with Crippen molar-refractivity contribution < 1.29 is 31.5 Å². The van der Waals surface area contributed by atoms with E-state index in [9.17, 15) is 26.7 Å². The smallest absolute Gasteiger partial charge is 0.238 e. The first-order chi connectivity index (χ1) is 13.2. The Balaban J connectivity index is 1.99. The van der Waals surface area contributed by atoms with Gasteiger partial charge >= 0.3 is 0 Å². The van der Waals surface area contributed by atoms with E-state index in [0.29, 0.717) is 18.9 Å². The van der Waals surface area contributed by atoms with Crippen molar-refractivity contribution in [2.45, 2.75) is 6.54 Å². The lowest BCUT2D eigenvalue weighted by Gasteiger charge is -2.17. The highest BCUT2D eigenvalue weighted by atomic mass is 19.2. The maximum Gasteiger partial charge on any atom is 0.238 e. The molecule has 0 atom stereocenters. The Labute approximate surface area is 158 Å². The molecule has 0 aliphatic heterocycles. The SMILES string of the molecule is C=CCOc1ccc(CN(C)CC(=O)Nc2c(F)c(F)c(F)c(F)c2F)cc1. The third-order valence-corrected chi connectivity index (χ3v) is 3.63. The molecular weight excluding hydrogens is 383 g/mol. The van der Waals surface area contributed by atoms with Crippen LogP contribution in [0, 0.1) is 29.1 Å². The molecule has 0 spiro atoms. The quantitative estimate of drug-likeness (QED) is 0.315. The standard InChI is InChI=1S/C19H17F5N2O2/c1-3-8-28-12-6-4-11(5-7-12)9-26(2)10-13(27)25-19-17(23)15(21)14(20)16(22)18(19)24/h3-7H,1,8-10H2,2H3,(H,25,27). The van der Waals surface area contributed by atoms with Gasteiger partial charge in [-0.1, -0.05) is 24.8 Å². The Kier molecular flexibility index (Phi) is 7.11. The number of anilines is 1. The lowest BCUT2D eigenvalue weighted by molar-refractivity contribution is -0.117. The first-order valence-electron chi connectivity index (χ1n) is 8.07. The summed E-state index contributed by atoms with van der Waals surface area (Å²) in [4.78, 5) is 13.4. The monoisotopic (exact) mass is 400 g/mol. The van der Waals surface area contributed by atoms with Gasteiger partial charge < -0.3 is 10.1 Å². The zero-order valence-electron chi connectivity index (χ0n) is 14.9. The average molecular weight is 400 g/mol.